The van der Waals surface area contributed by atoms with Gasteiger partial charge in [-0.25, -0.2) is 9.78 Å². The largest absolute Gasteiger partial charge is 0.493 e. The smallest absolute Gasteiger partial charge is 0.416 e. The third kappa shape index (κ3) is 5.70. The van der Waals surface area contributed by atoms with Crippen molar-refractivity contribution in [2.75, 3.05) is 20.8 Å². The zero-order valence-electron chi connectivity index (χ0n) is 20.0. The molecule has 8 nitrogen and oxygen atoms in total. The number of aromatic nitrogens is 2. The molecular weight excluding hydrogens is 571 g/mol. The van der Waals surface area contributed by atoms with Crippen LogP contribution in [0.3, 0.4) is 0 Å². The maximum atomic E-state index is 13.4. The van der Waals surface area contributed by atoms with E-state index >= 15 is 0 Å². The van der Waals surface area contributed by atoms with Gasteiger partial charge in [-0.05, 0) is 36.4 Å². The molecular formula is C26H19BrF3N3O5. The van der Waals surface area contributed by atoms with Crippen LogP contribution in [-0.4, -0.2) is 42.7 Å². The number of hydrogen-bond donors (Lipinski definition) is 0. The summed E-state index contributed by atoms with van der Waals surface area (Å²) in [6.45, 7) is -0.428. The molecule has 12 heteroatoms. The number of methoxy groups -OCH3 is 2. The maximum absolute atomic E-state index is 13.4. The fourth-order valence-corrected chi connectivity index (χ4v) is 4.01. The molecule has 0 atom stereocenters. The van der Waals surface area contributed by atoms with Gasteiger partial charge in [0, 0.05) is 15.6 Å². The molecule has 0 radical (unpaired) electrons. The second kappa shape index (κ2) is 11.1. The lowest BCUT2D eigenvalue weighted by Crippen LogP contribution is -2.20. The number of hydrogen-bond acceptors (Lipinski definition) is 7. The first-order valence-corrected chi connectivity index (χ1v) is 11.7. The normalized spacial score (nSPS) is 11.6. The number of alkyl halides is 3. The van der Waals surface area contributed by atoms with E-state index in [1.165, 1.54) is 32.6 Å². The van der Waals surface area contributed by atoms with Crippen LogP contribution in [0.1, 0.15) is 11.1 Å². The fraction of sp³-hybridized carbons (Fsp3) is 0.154. The Bertz CT molecular complexity index is 1600. The first kappa shape index (κ1) is 26.9. The van der Waals surface area contributed by atoms with Gasteiger partial charge in [0.1, 0.15) is 0 Å². The van der Waals surface area contributed by atoms with E-state index in [9.17, 15) is 22.8 Å². The van der Waals surface area contributed by atoms with Crippen molar-refractivity contribution in [3.63, 3.8) is 0 Å². The zero-order valence-corrected chi connectivity index (χ0v) is 21.5. The highest BCUT2D eigenvalue weighted by molar-refractivity contribution is 9.10. The lowest BCUT2D eigenvalue weighted by atomic mass is 10.1. The highest BCUT2D eigenvalue weighted by Gasteiger charge is 2.31. The van der Waals surface area contributed by atoms with E-state index in [0.29, 0.717) is 15.6 Å². The van der Waals surface area contributed by atoms with E-state index < -0.39 is 29.9 Å². The topological polar surface area (TPSA) is 92.0 Å². The zero-order chi connectivity index (χ0) is 27.4. The molecule has 1 heterocycles. The quantitative estimate of drug-likeness (QED) is 0.215. The minimum Gasteiger partial charge on any atom is -0.493 e. The Balaban J connectivity index is 1.91. The van der Waals surface area contributed by atoms with Gasteiger partial charge in [-0.1, -0.05) is 40.2 Å². The summed E-state index contributed by atoms with van der Waals surface area (Å²) in [4.78, 5) is 29.5. The Labute approximate surface area is 222 Å². The van der Waals surface area contributed by atoms with Crippen molar-refractivity contribution in [3.05, 3.63) is 86.6 Å². The number of nitrogens with zero attached hydrogens (tertiary/aromatic N) is 3. The molecule has 0 bridgehead atoms. The van der Waals surface area contributed by atoms with Crippen molar-refractivity contribution >= 4 is 39.0 Å². The van der Waals surface area contributed by atoms with Crippen molar-refractivity contribution in [1.82, 2.24) is 9.66 Å². The minimum atomic E-state index is -4.60. The van der Waals surface area contributed by atoms with Crippen molar-refractivity contribution in [2.45, 2.75) is 6.18 Å². The molecule has 4 rings (SSSR count). The molecule has 0 unspecified atom stereocenters. The Morgan fingerprint density at radius 3 is 2.58 bits per heavy atom. The Morgan fingerprint density at radius 1 is 1.11 bits per heavy atom. The molecule has 0 saturated carbocycles. The van der Waals surface area contributed by atoms with Crippen molar-refractivity contribution in [3.8, 4) is 22.9 Å². The SMILES string of the molecule is COC(=O)COc1c(C=Nn2c(-c3cccc(C(F)(F)F)c3)nc3ccccc3c2=O)cc(Br)cc1OC. The van der Waals surface area contributed by atoms with Crippen molar-refractivity contribution in [2.24, 2.45) is 5.10 Å². The summed E-state index contributed by atoms with van der Waals surface area (Å²) in [5, 5.41) is 4.50. The van der Waals surface area contributed by atoms with Crippen LogP contribution in [-0.2, 0) is 15.7 Å². The van der Waals surface area contributed by atoms with Crippen molar-refractivity contribution in [1.29, 1.82) is 0 Å². The number of halogens is 4. The molecule has 4 aromatic rings. The summed E-state index contributed by atoms with van der Waals surface area (Å²) in [5.74, 6) is -0.353. The first-order chi connectivity index (χ1) is 18.1. The number of ether oxygens (including phenoxy) is 3. The van der Waals surface area contributed by atoms with Crippen LogP contribution < -0.4 is 15.0 Å². The monoisotopic (exact) mass is 589 g/mol. The Hall–Kier alpha value is -4.19. The van der Waals surface area contributed by atoms with Gasteiger partial charge >= 0.3 is 12.1 Å². The Morgan fingerprint density at radius 2 is 1.87 bits per heavy atom. The van der Waals surface area contributed by atoms with Gasteiger partial charge in [0.2, 0.25) is 0 Å². The maximum Gasteiger partial charge on any atom is 0.416 e. The second-order valence-corrected chi connectivity index (χ2v) is 8.70. The van der Waals surface area contributed by atoms with E-state index in [-0.39, 0.29) is 28.3 Å². The van der Waals surface area contributed by atoms with E-state index in [0.717, 1.165) is 16.8 Å². The average Bonchev–Trinajstić information content (AvgIpc) is 2.90. The second-order valence-electron chi connectivity index (χ2n) is 7.78. The van der Waals surface area contributed by atoms with E-state index in [1.807, 2.05) is 0 Å². The number of benzene rings is 3. The third-order valence-electron chi connectivity index (χ3n) is 5.34. The number of para-hydroxylation sites is 1. The van der Waals surface area contributed by atoms with Crippen LogP contribution in [0.15, 0.2) is 75.0 Å². The summed E-state index contributed by atoms with van der Waals surface area (Å²) in [6.07, 6.45) is -3.34. The number of carbonyl (C=O) groups is 1. The van der Waals surface area contributed by atoms with Crippen LogP contribution >= 0.6 is 15.9 Å². The highest BCUT2D eigenvalue weighted by atomic mass is 79.9. The molecule has 0 N–H and O–H groups in total. The van der Waals surface area contributed by atoms with Crippen molar-refractivity contribution < 1.29 is 32.2 Å². The summed E-state index contributed by atoms with van der Waals surface area (Å²) < 4.78 is 57.3. The molecule has 3 aromatic carbocycles. The third-order valence-corrected chi connectivity index (χ3v) is 5.80. The molecule has 196 valence electrons. The van der Waals surface area contributed by atoms with E-state index in [4.69, 9.17) is 9.47 Å². The van der Waals surface area contributed by atoms with Gasteiger partial charge in [0.05, 0.1) is 36.9 Å². The van der Waals surface area contributed by atoms with Crippen LogP contribution in [0.25, 0.3) is 22.3 Å². The summed E-state index contributed by atoms with van der Waals surface area (Å²) in [7, 11) is 2.61. The molecule has 38 heavy (non-hydrogen) atoms. The molecule has 0 amide bonds. The Kier molecular flexibility index (Phi) is 7.81. The van der Waals surface area contributed by atoms with E-state index in [1.54, 1.807) is 36.4 Å². The van der Waals surface area contributed by atoms with Gasteiger partial charge in [-0.3, -0.25) is 4.79 Å². The van der Waals surface area contributed by atoms with Crippen LogP contribution in [0, 0.1) is 0 Å². The van der Waals surface area contributed by atoms with Gasteiger partial charge in [0.25, 0.3) is 5.56 Å². The standard InChI is InChI=1S/C26H19BrF3N3O5/c1-36-21-12-18(27)11-16(23(21)38-14-22(34)37-2)13-31-33-24(15-6-5-7-17(10-15)26(28,29)30)32-20-9-4-3-8-19(20)25(33)35/h3-13H,14H2,1-2H3. The van der Waals surface area contributed by atoms with Gasteiger partial charge < -0.3 is 14.2 Å². The summed E-state index contributed by atoms with van der Waals surface area (Å²) in [6, 6.07) is 14.1. The number of esters is 1. The minimum absolute atomic E-state index is 0.0359. The van der Waals surface area contributed by atoms with Gasteiger partial charge in [0.15, 0.2) is 23.9 Å². The average molecular weight is 590 g/mol. The highest BCUT2D eigenvalue weighted by Crippen LogP contribution is 2.35. The fourth-order valence-electron chi connectivity index (χ4n) is 3.55. The lowest BCUT2D eigenvalue weighted by Gasteiger charge is -2.14. The lowest BCUT2D eigenvalue weighted by molar-refractivity contribution is -0.143. The summed E-state index contributed by atoms with van der Waals surface area (Å²) >= 11 is 3.36. The number of carbonyl (C=O) groups excluding carboxylic acids is 1. The molecule has 1 aromatic heterocycles. The molecule has 0 saturated heterocycles. The van der Waals surface area contributed by atoms with Gasteiger partial charge in [-0.2, -0.15) is 22.9 Å². The molecule has 0 spiro atoms. The predicted octanol–water partition coefficient (Wildman–Crippen LogP) is 5.29. The summed E-state index contributed by atoms with van der Waals surface area (Å²) in [5.41, 5.74) is -0.868. The molecule has 0 aliphatic heterocycles. The first-order valence-electron chi connectivity index (χ1n) is 10.9. The van der Waals surface area contributed by atoms with Crippen LogP contribution in [0.2, 0.25) is 0 Å². The van der Waals surface area contributed by atoms with E-state index in [2.05, 4.69) is 30.8 Å². The molecule has 0 fully saturated rings. The van der Waals surface area contributed by atoms with Gasteiger partial charge in [-0.15, -0.1) is 0 Å². The number of fused-ring (bicyclic) bond motifs is 1. The molecule has 0 aliphatic rings. The van der Waals surface area contributed by atoms with Crippen LogP contribution in [0.4, 0.5) is 13.2 Å². The number of rotatable bonds is 7. The molecule has 0 aliphatic carbocycles. The predicted molar refractivity (Wildman–Crippen MR) is 138 cm³/mol. The van der Waals surface area contributed by atoms with Crippen LogP contribution in [0.5, 0.6) is 11.5 Å².